The van der Waals surface area contributed by atoms with E-state index in [2.05, 4.69) is 28.8 Å². The van der Waals surface area contributed by atoms with Crippen molar-refractivity contribution in [3.05, 3.63) is 47.9 Å². The van der Waals surface area contributed by atoms with Gasteiger partial charge in [0.15, 0.2) is 0 Å². The molecule has 2 unspecified atom stereocenters. The standard InChI is InChI=1S/C21H29N3O2/c1-2-3-9-20-14-19(24-26-20)12-17-15-22-11-10-16(17)13-21(25)23-18-7-5-4-6-8-18/h4-8,14,16-17,22H,2-3,9-13,15H2,1H3,(H,23,25). The molecular formula is C21H29N3O2. The first-order valence-electron chi connectivity index (χ1n) is 9.74. The number of aromatic nitrogens is 1. The number of piperidine rings is 1. The predicted octanol–water partition coefficient (Wildman–Crippen LogP) is 3.81. The van der Waals surface area contributed by atoms with Crippen LogP contribution in [0.5, 0.6) is 0 Å². The Morgan fingerprint density at radius 1 is 1.31 bits per heavy atom. The minimum Gasteiger partial charge on any atom is -0.361 e. The third-order valence-electron chi connectivity index (χ3n) is 5.13. The Labute approximate surface area is 155 Å². The van der Waals surface area contributed by atoms with Crippen molar-refractivity contribution in [3.63, 3.8) is 0 Å². The Bertz CT molecular complexity index is 684. The Kier molecular flexibility index (Phi) is 6.83. The average molecular weight is 355 g/mol. The maximum absolute atomic E-state index is 12.4. The van der Waals surface area contributed by atoms with Crippen molar-refractivity contribution in [2.75, 3.05) is 18.4 Å². The maximum Gasteiger partial charge on any atom is 0.224 e. The van der Waals surface area contributed by atoms with E-state index in [1.807, 2.05) is 30.3 Å². The van der Waals surface area contributed by atoms with E-state index in [4.69, 9.17) is 4.52 Å². The second-order valence-electron chi connectivity index (χ2n) is 7.22. The number of amides is 1. The van der Waals surface area contributed by atoms with Gasteiger partial charge in [0, 0.05) is 24.6 Å². The molecule has 1 fully saturated rings. The summed E-state index contributed by atoms with van der Waals surface area (Å²) in [4.78, 5) is 12.4. The van der Waals surface area contributed by atoms with Crippen LogP contribution in [0.1, 0.15) is 44.1 Å². The molecule has 2 heterocycles. The predicted molar refractivity (Wildman–Crippen MR) is 103 cm³/mol. The van der Waals surface area contributed by atoms with Crippen LogP contribution in [0.2, 0.25) is 0 Å². The number of carbonyl (C=O) groups is 1. The molecule has 1 aromatic heterocycles. The lowest BCUT2D eigenvalue weighted by Crippen LogP contribution is -2.39. The third-order valence-corrected chi connectivity index (χ3v) is 5.13. The highest BCUT2D eigenvalue weighted by molar-refractivity contribution is 5.90. The van der Waals surface area contributed by atoms with Gasteiger partial charge in [-0.15, -0.1) is 0 Å². The largest absolute Gasteiger partial charge is 0.361 e. The van der Waals surface area contributed by atoms with Gasteiger partial charge in [-0.1, -0.05) is 36.7 Å². The minimum absolute atomic E-state index is 0.0943. The van der Waals surface area contributed by atoms with Crippen LogP contribution >= 0.6 is 0 Å². The summed E-state index contributed by atoms with van der Waals surface area (Å²) in [6, 6.07) is 11.7. The summed E-state index contributed by atoms with van der Waals surface area (Å²) in [6.07, 6.45) is 5.68. The number of unbranched alkanes of at least 4 members (excludes halogenated alkanes) is 1. The van der Waals surface area contributed by atoms with Crippen LogP contribution in [0.15, 0.2) is 40.9 Å². The molecule has 5 heteroatoms. The van der Waals surface area contributed by atoms with Gasteiger partial charge in [-0.25, -0.2) is 0 Å². The average Bonchev–Trinajstić information content (AvgIpc) is 3.10. The summed E-state index contributed by atoms with van der Waals surface area (Å²) in [7, 11) is 0. The van der Waals surface area contributed by atoms with Crippen LogP contribution in [-0.2, 0) is 17.6 Å². The fraction of sp³-hybridized carbons (Fsp3) is 0.524. The summed E-state index contributed by atoms with van der Waals surface area (Å²) >= 11 is 0. The van der Waals surface area contributed by atoms with Crippen molar-refractivity contribution in [3.8, 4) is 0 Å². The highest BCUT2D eigenvalue weighted by Crippen LogP contribution is 2.27. The normalized spacial score (nSPS) is 20.0. The Balaban J connectivity index is 1.55. The number of hydrogen-bond donors (Lipinski definition) is 2. The molecule has 2 atom stereocenters. The number of carbonyl (C=O) groups excluding carboxylic acids is 1. The van der Waals surface area contributed by atoms with Crippen molar-refractivity contribution in [2.24, 2.45) is 11.8 Å². The SMILES string of the molecule is CCCCc1cc(CC2CNCCC2CC(=O)Nc2ccccc2)no1. The number of hydrogen-bond acceptors (Lipinski definition) is 4. The molecule has 1 aliphatic heterocycles. The fourth-order valence-corrected chi connectivity index (χ4v) is 3.65. The lowest BCUT2D eigenvalue weighted by atomic mass is 9.81. The zero-order chi connectivity index (χ0) is 18.2. The molecule has 140 valence electrons. The van der Waals surface area contributed by atoms with Crippen LogP contribution in [0.3, 0.4) is 0 Å². The van der Waals surface area contributed by atoms with Crippen molar-refractivity contribution in [1.29, 1.82) is 0 Å². The highest BCUT2D eigenvalue weighted by atomic mass is 16.5. The number of nitrogens with one attached hydrogen (secondary N) is 2. The zero-order valence-electron chi connectivity index (χ0n) is 15.5. The first-order chi connectivity index (χ1) is 12.7. The maximum atomic E-state index is 12.4. The van der Waals surface area contributed by atoms with Crippen LogP contribution in [-0.4, -0.2) is 24.2 Å². The van der Waals surface area contributed by atoms with Crippen LogP contribution in [0.4, 0.5) is 5.69 Å². The molecule has 1 saturated heterocycles. The molecule has 0 bridgehead atoms. The van der Waals surface area contributed by atoms with Gasteiger partial charge in [-0.3, -0.25) is 4.79 Å². The topological polar surface area (TPSA) is 67.2 Å². The van der Waals surface area contributed by atoms with Gasteiger partial charge >= 0.3 is 0 Å². The van der Waals surface area contributed by atoms with Crippen molar-refractivity contribution in [2.45, 2.75) is 45.4 Å². The molecule has 26 heavy (non-hydrogen) atoms. The number of rotatable bonds is 8. The first-order valence-corrected chi connectivity index (χ1v) is 9.74. The summed E-state index contributed by atoms with van der Waals surface area (Å²) in [5.74, 6) is 1.85. The Morgan fingerprint density at radius 2 is 2.15 bits per heavy atom. The molecule has 2 N–H and O–H groups in total. The second kappa shape index (κ2) is 9.53. The van der Waals surface area contributed by atoms with Gasteiger partial charge in [0.2, 0.25) is 5.91 Å². The first kappa shape index (κ1) is 18.6. The number of aryl methyl sites for hydroxylation is 1. The smallest absolute Gasteiger partial charge is 0.224 e. The van der Waals surface area contributed by atoms with E-state index in [9.17, 15) is 4.79 Å². The molecule has 5 nitrogen and oxygen atoms in total. The molecule has 1 aromatic carbocycles. The summed E-state index contributed by atoms with van der Waals surface area (Å²) < 4.78 is 5.45. The second-order valence-corrected chi connectivity index (χ2v) is 7.22. The monoisotopic (exact) mass is 355 g/mol. The lowest BCUT2D eigenvalue weighted by Gasteiger charge is -2.31. The number of benzene rings is 1. The van der Waals surface area contributed by atoms with E-state index < -0.39 is 0 Å². The molecule has 1 aliphatic rings. The molecule has 1 amide bonds. The lowest BCUT2D eigenvalue weighted by molar-refractivity contribution is -0.117. The quantitative estimate of drug-likeness (QED) is 0.755. The Hall–Kier alpha value is -2.14. The van der Waals surface area contributed by atoms with E-state index in [-0.39, 0.29) is 5.91 Å². The van der Waals surface area contributed by atoms with E-state index in [1.54, 1.807) is 0 Å². The molecule has 0 spiro atoms. The summed E-state index contributed by atoms with van der Waals surface area (Å²) in [6.45, 7) is 4.08. The van der Waals surface area contributed by atoms with Gasteiger partial charge < -0.3 is 15.2 Å². The van der Waals surface area contributed by atoms with Crippen molar-refractivity contribution < 1.29 is 9.32 Å². The van der Waals surface area contributed by atoms with Gasteiger partial charge in [0.05, 0.1) is 5.69 Å². The van der Waals surface area contributed by atoms with Crippen LogP contribution in [0.25, 0.3) is 0 Å². The van der Waals surface area contributed by atoms with Crippen LogP contribution < -0.4 is 10.6 Å². The zero-order valence-corrected chi connectivity index (χ0v) is 15.5. The molecule has 0 radical (unpaired) electrons. The third kappa shape index (κ3) is 5.43. The molecule has 0 saturated carbocycles. The van der Waals surface area contributed by atoms with E-state index in [1.165, 1.54) is 0 Å². The highest BCUT2D eigenvalue weighted by Gasteiger charge is 2.28. The summed E-state index contributed by atoms with van der Waals surface area (Å²) in [5, 5.41) is 10.7. The van der Waals surface area contributed by atoms with E-state index >= 15 is 0 Å². The van der Waals surface area contributed by atoms with Crippen molar-refractivity contribution >= 4 is 11.6 Å². The van der Waals surface area contributed by atoms with Gasteiger partial charge in [-0.2, -0.15) is 0 Å². The van der Waals surface area contributed by atoms with Crippen molar-refractivity contribution in [1.82, 2.24) is 10.5 Å². The van der Waals surface area contributed by atoms with E-state index in [0.717, 1.165) is 62.3 Å². The number of nitrogens with zero attached hydrogens (tertiary/aromatic N) is 1. The summed E-state index contributed by atoms with van der Waals surface area (Å²) in [5.41, 5.74) is 1.87. The van der Waals surface area contributed by atoms with Crippen LogP contribution in [0, 0.1) is 11.8 Å². The number of para-hydroxylation sites is 1. The van der Waals surface area contributed by atoms with Gasteiger partial charge in [0.1, 0.15) is 5.76 Å². The molecular weight excluding hydrogens is 326 g/mol. The molecule has 0 aliphatic carbocycles. The number of anilines is 1. The molecule has 2 aromatic rings. The Morgan fingerprint density at radius 3 is 2.96 bits per heavy atom. The fourth-order valence-electron chi connectivity index (χ4n) is 3.65. The minimum atomic E-state index is 0.0943. The molecule has 3 rings (SSSR count). The van der Waals surface area contributed by atoms with Gasteiger partial charge in [0.25, 0.3) is 0 Å². The van der Waals surface area contributed by atoms with E-state index in [0.29, 0.717) is 18.3 Å². The van der Waals surface area contributed by atoms with Gasteiger partial charge in [-0.05, 0) is 56.3 Å².